The number of thioether (sulfide) groups is 1. The summed E-state index contributed by atoms with van der Waals surface area (Å²) in [6.07, 6.45) is 4.39. The van der Waals surface area contributed by atoms with Crippen molar-refractivity contribution < 1.29 is 4.79 Å². The van der Waals surface area contributed by atoms with Crippen LogP contribution >= 0.6 is 11.8 Å². The number of hydrogen-bond acceptors (Lipinski definition) is 5. The molecule has 0 amide bonds. The Morgan fingerprint density at radius 2 is 2.00 bits per heavy atom. The van der Waals surface area contributed by atoms with E-state index < -0.39 is 0 Å². The van der Waals surface area contributed by atoms with Crippen LogP contribution in [0.3, 0.4) is 0 Å². The Hall–Kier alpha value is -2.47. The zero-order valence-corrected chi connectivity index (χ0v) is 13.8. The summed E-state index contributed by atoms with van der Waals surface area (Å²) in [5.41, 5.74) is 3.24. The summed E-state index contributed by atoms with van der Waals surface area (Å²) in [7, 11) is 1.70. The van der Waals surface area contributed by atoms with Crippen LogP contribution in [0.4, 0.5) is 0 Å². The second-order valence-corrected chi connectivity index (χ2v) is 6.02. The van der Waals surface area contributed by atoms with E-state index in [1.807, 2.05) is 19.2 Å². The minimum Gasteiger partial charge on any atom is -0.298 e. The number of carbonyl (C=O) groups is 1. The van der Waals surface area contributed by atoms with Crippen LogP contribution in [-0.4, -0.2) is 27.1 Å². The van der Waals surface area contributed by atoms with Gasteiger partial charge in [0.15, 0.2) is 5.16 Å². The topological polar surface area (TPSA) is 64.8 Å². The van der Waals surface area contributed by atoms with Gasteiger partial charge in [-0.3, -0.25) is 14.2 Å². The molecule has 0 N–H and O–H groups in total. The smallest absolute Gasteiger partial charge is 0.259 e. The average molecular weight is 325 g/mol. The van der Waals surface area contributed by atoms with Gasteiger partial charge in [0, 0.05) is 29.8 Å². The Labute approximate surface area is 137 Å². The fourth-order valence-electron chi connectivity index (χ4n) is 2.53. The molecule has 0 saturated carbocycles. The molecule has 0 atom stereocenters. The van der Waals surface area contributed by atoms with Crippen molar-refractivity contribution >= 4 is 29.1 Å². The van der Waals surface area contributed by atoms with Gasteiger partial charge in [0.05, 0.1) is 0 Å². The lowest BCUT2D eigenvalue weighted by atomic mass is 9.99. The maximum absolute atomic E-state index is 12.7. The molecule has 0 aliphatic rings. The number of aromatic nitrogens is 3. The summed E-state index contributed by atoms with van der Waals surface area (Å²) in [6, 6.07) is 7.11. The van der Waals surface area contributed by atoms with E-state index in [2.05, 4.69) is 9.97 Å². The van der Waals surface area contributed by atoms with Gasteiger partial charge in [-0.1, -0.05) is 23.9 Å². The van der Waals surface area contributed by atoms with Gasteiger partial charge >= 0.3 is 0 Å². The molecule has 0 unspecified atom stereocenters. The van der Waals surface area contributed by atoms with Gasteiger partial charge in [-0.05, 0) is 36.4 Å². The minimum atomic E-state index is -0.144. The van der Waals surface area contributed by atoms with Gasteiger partial charge in [-0.25, -0.2) is 9.97 Å². The van der Waals surface area contributed by atoms with E-state index in [1.54, 1.807) is 31.4 Å². The lowest BCUT2D eigenvalue weighted by Gasteiger charge is -2.11. The number of fused-ring (bicyclic) bond motifs is 1. The predicted octanol–water partition coefficient (Wildman–Crippen LogP) is 2.84. The molecule has 3 aromatic rings. The summed E-state index contributed by atoms with van der Waals surface area (Å²) >= 11 is 1.43. The number of aryl methyl sites for hydroxylation is 2. The fraction of sp³-hybridized carbons (Fsp3) is 0.176. The second kappa shape index (κ2) is 5.96. The van der Waals surface area contributed by atoms with Crippen molar-refractivity contribution in [2.45, 2.75) is 12.1 Å². The van der Waals surface area contributed by atoms with Crippen molar-refractivity contribution in [3.05, 3.63) is 51.9 Å². The number of carbonyl (C=O) groups excluding carboxylic acids is 1. The first-order valence-electron chi connectivity index (χ1n) is 7.02. The molecule has 0 bridgehead atoms. The summed E-state index contributed by atoms with van der Waals surface area (Å²) in [5.74, 6) is 0. The number of rotatable bonds is 3. The molecule has 0 saturated heterocycles. The third-order valence-electron chi connectivity index (χ3n) is 3.80. The molecular formula is C17H15N3O2S. The second-order valence-electron chi connectivity index (χ2n) is 5.25. The maximum Gasteiger partial charge on any atom is 0.259 e. The summed E-state index contributed by atoms with van der Waals surface area (Å²) in [4.78, 5) is 32.4. The van der Waals surface area contributed by atoms with E-state index in [9.17, 15) is 9.59 Å². The highest BCUT2D eigenvalue weighted by molar-refractivity contribution is 7.98. The van der Waals surface area contributed by atoms with E-state index in [4.69, 9.17) is 0 Å². The Morgan fingerprint density at radius 3 is 2.70 bits per heavy atom. The molecule has 0 radical (unpaired) electrons. The highest BCUT2D eigenvalue weighted by Gasteiger charge is 2.13. The number of nitrogens with zero attached hydrogens (tertiary/aromatic N) is 3. The molecule has 3 rings (SSSR count). The van der Waals surface area contributed by atoms with Gasteiger partial charge in [-0.15, -0.1) is 0 Å². The number of aldehydes is 1. The van der Waals surface area contributed by atoms with Crippen LogP contribution in [0.25, 0.3) is 22.2 Å². The third kappa shape index (κ3) is 2.66. The average Bonchev–Trinajstić information content (AvgIpc) is 2.58. The van der Waals surface area contributed by atoms with Crippen LogP contribution in [0.5, 0.6) is 0 Å². The monoisotopic (exact) mass is 325 g/mol. The maximum atomic E-state index is 12.7. The Balaban J connectivity index is 2.33. The molecule has 5 nitrogen and oxygen atoms in total. The molecule has 0 spiro atoms. The van der Waals surface area contributed by atoms with Gasteiger partial charge in [0.2, 0.25) is 0 Å². The molecule has 0 aliphatic heterocycles. The van der Waals surface area contributed by atoms with Crippen LogP contribution < -0.4 is 5.56 Å². The SMILES string of the molecule is CSc1ncc2cc(-c3cc(C=O)ccc3C)c(=O)n(C)c2n1. The van der Waals surface area contributed by atoms with E-state index in [0.717, 1.165) is 22.8 Å². The van der Waals surface area contributed by atoms with Crippen LogP contribution in [0.2, 0.25) is 0 Å². The van der Waals surface area contributed by atoms with E-state index in [1.165, 1.54) is 16.3 Å². The highest BCUT2D eigenvalue weighted by Crippen LogP contribution is 2.24. The van der Waals surface area contributed by atoms with Crippen molar-refractivity contribution in [1.82, 2.24) is 14.5 Å². The molecule has 0 aliphatic carbocycles. The molecule has 6 heteroatoms. The number of benzene rings is 1. The van der Waals surface area contributed by atoms with Crippen molar-refractivity contribution in [3.63, 3.8) is 0 Å². The molecule has 2 heterocycles. The van der Waals surface area contributed by atoms with Crippen LogP contribution in [0.15, 0.2) is 40.4 Å². The van der Waals surface area contributed by atoms with Gasteiger partial charge in [-0.2, -0.15) is 0 Å². The zero-order valence-electron chi connectivity index (χ0n) is 13.0. The van der Waals surface area contributed by atoms with E-state index in [0.29, 0.717) is 21.9 Å². The van der Waals surface area contributed by atoms with Gasteiger partial charge < -0.3 is 0 Å². The third-order valence-corrected chi connectivity index (χ3v) is 4.36. The lowest BCUT2D eigenvalue weighted by Crippen LogP contribution is -2.20. The molecule has 23 heavy (non-hydrogen) atoms. The predicted molar refractivity (Wildman–Crippen MR) is 92.1 cm³/mol. The molecule has 0 fully saturated rings. The Bertz CT molecular complexity index is 979. The fourth-order valence-corrected chi connectivity index (χ4v) is 2.86. The molecule has 1 aromatic carbocycles. The van der Waals surface area contributed by atoms with Crippen LogP contribution in [0.1, 0.15) is 15.9 Å². The van der Waals surface area contributed by atoms with Crippen molar-refractivity contribution in [3.8, 4) is 11.1 Å². The quantitative estimate of drug-likeness (QED) is 0.421. The Morgan fingerprint density at radius 1 is 1.22 bits per heavy atom. The first kappa shape index (κ1) is 15.4. The lowest BCUT2D eigenvalue weighted by molar-refractivity contribution is 0.112. The largest absolute Gasteiger partial charge is 0.298 e. The van der Waals surface area contributed by atoms with Crippen molar-refractivity contribution in [2.24, 2.45) is 7.05 Å². The highest BCUT2D eigenvalue weighted by atomic mass is 32.2. The van der Waals surface area contributed by atoms with E-state index in [-0.39, 0.29) is 5.56 Å². The summed E-state index contributed by atoms with van der Waals surface area (Å²) in [5, 5.41) is 1.41. The van der Waals surface area contributed by atoms with E-state index >= 15 is 0 Å². The van der Waals surface area contributed by atoms with Crippen LogP contribution in [-0.2, 0) is 7.05 Å². The van der Waals surface area contributed by atoms with Crippen molar-refractivity contribution in [2.75, 3.05) is 6.26 Å². The van der Waals surface area contributed by atoms with Crippen molar-refractivity contribution in [1.29, 1.82) is 0 Å². The summed E-state index contributed by atoms with van der Waals surface area (Å²) in [6.45, 7) is 1.92. The summed E-state index contributed by atoms with van der Waals surface area (Å²) < 4.78 is 1.53. The molecule has 2 aromatic heterocycles. The normalized spacial score (nSPS) is 10.9. The standard InChI is InChI=1S/C17H15N3O2S/c1-10-4-5-11(9-21)6-13(10)14-7-12-8-18-17(23-3)19-15(12)20(2)16(14)22/h4-9H,1-3H3. The number of hydrogen-bond donors (Lipinski definition) is 0. The molecular weight excluding hydrogens is 310 g/mol. The molecule has 116 valence electrons. The van der Waals surface area contributed by atoms with Gasteiger partial charge in [0.1, 0.15) is 11.9 Å². The van der Waals surface area contributed by atoms with Crippen LogP contribution in [0, 0.1) is 6.92 Å². The van der Waals surface area contributed by atoms with Gasteiger partial charge in [0.25, 0.3) is 5.56 Å². The minimum absolute atomic E-state index is 0.144. The first-order valence-corrected chi connectivity index (χ1v) is 8.24. The zero-order chi connectivity index (χ0) is 16.6. The number of pyridine rings is 1. The Kier molecular flexibility index (Phi) is 4.00. The first-order chi connectivity index (χ1) is 11.0.